The molecule has 7 heteroatoms. The third-order valence-electron chi connectivity index (χ3n) is 6.11. The van der Waals surface area contributed by atoms with Gasteiger partial charge in [0.1, 0.15) is 0 Å². The van der Waals surface area contributed by atoms with Crippen LogP contribution in [0.25, 0.3) is 0 Å². The van der Waals surface area contributed by atoms with Gasteiger partial charge in [-0.2, -0.15) is 0 Å². The normalized spacial score (nSPS) is 13.9. The molecule has 0 atom stereocenters. The van der Waals surface area contributed by atoms with Gasteiger partial charge in [0.05, 0.1) is 0 Å². The molecule has 0 radical (unpaired) electrons. The van der Waals surface area contributed by atoms with Gasteiger partial charge in [-0.05, 0) is 87.4 Å². The Morgan fingerprint density at radius 3 is 2.24 bits per heavy atom. The van der Waals surface area contributed by atoms with Gasteiger partial charge in [0.2, 0.25) is 5.91 Å². The van der Waals surface area contributed by atoms with Crippen LogP contribution in [-0.2, 0) is 0 Å². The maximum Gasteiger partial charge on any atom is 0.255 e. The Morgan fingerprint density at radius 2 is 1.56 bits per heavy atom. The maximum atomic E-state index is 12.9. The highest BCUT2D eigenvalue weighted by Crippen LogP contribution is 2.28. The van der Waals surface area contributed by atoms with Gasteiger partial charge in [-0.1, -0.05) is 18.6 Å². The van der Waals surface area contributed by atoms with Crippen molar-refractivity contribution in [3.63, 3.8) is 0 Å². The first kappa shape index (κ1) is 23.4. The quantitative estimate of drug-likeness (QED) is 0.495. The van der Waals surface area contributed by atoms with Crippen LogP contribution in [0, 0.1) is 0 Å². The summed E-state index contributed by atoms with van der Waals surface area (Å²) in [4.78, 5) is 33.3. The number of aromatic nitrogens is 1. The Balaban J connectivity index is 1.56. The molecule has 7 nitrogen and oxygen atoms in total. The number of carbonyl (C=O) groups excluding carboxylic acids is 2. The Bertz CT molecular complexity index is 1110. The third-order valence-corrected chi connectivity index (χ3v) is 6.11. The second kappa shape index (κ2) is 11.4. The standard InChI is InChI=1S/C27H31N5O2/c28-26(33)21-7-4-9-24(19-21)32(18-6-17-31-15-2-1-3-16-31)25-10-5-8-22(20-25)27(34)30-23-11-13-29-14-12-23/h4-5,7-14,19-20H,1-3,6,15-18H2,(H2,28,33)(H,29,30,34). The number of pyridine rings is 1. The largest absolute Gasteiger partial charge is 0.366 e. The van der Waals surface area contributed by atoms with Gasteiger partial charge >= 0.3 is 0 Å². The molecule has 0 unspecified atom stereocenters. The zero-order chi connectivity index (χ0) is 23.8. The number of rotatable bonds is 9. The first-order valence-electron chi connectivity index (χ1n) is 11.8. The molecule has 4 rings (SSSR count). The zero-order valence-electron chi connectivity index (χ0n) is 19.3. The van der Waals surface area contributed by atoms with Crippen molar-refractivity contribution in [1.29, 1.82) is 0 Å². The predicted octanol–water partition coefficient (Wildman–Crippen LogP) is 4.45. The van der Waals surface area contributed by atoms with E-state index in [1.807, 2.05) is 36.4 Å². The number of likely N-dealkylation sites (tertiary alicyclic amines) is 1. The average molecular weight is 458 g/mol. The van der Waals surface area contributed by atoms with Crippen molar-refractivity contribution in [3.05, 3.63) is 84.2 Å². The number of nitrogens with one attached hydrogen (secondary N) is 1. The van der Waals surface area contributed by atoms with E-state index in [0.717, 1.165) is 44.0 Å². The molecule has 1 aliphatic rings. The SMILES string of the molecule is NC(=O)c1cccc(N(CCCN2CCCCC2)c2cccc(C(=O)Nc3ccncc3)c2)c1. The van der Waals surface area contributed by atoms with E-state index in [2.05, 4.69) is 20.1 Å². The molecular weight excluding hydrogens is 426 g/mol. The fourth-order valence-electron chi connectivity index (χ4n) is 4.32. The predicted molar refractivity (Wildman–Crippen MR) is 136 cm³/mol. The number of hydrogen-bond donors (Lipinski definition) is 2. The van der Waals surface area contributed by atoms with E-state index in [4.69, 9.17) is 5.73 Å². The summed E-state index contributed by atoms with van der Waals surface area (Å²) >= 11 is 0. The summed E-state index contributed by atoms with van der Waals surface area (Å²) in [7, 11) is 0. The number of piperidine rings is 1. The van der Waals surface area contributed by atoms with E-state index < -0.39 is 5.91 Å². The van der Waals surface area contributed by atoms with Crippen molar-refractivity contribution < 1.29 is 9.59 Å². The summed E-state index contributed by atoms with van der Waals surface area (Å²) in [5.74, 6) is -0.646. The fraction of sp³-hybridized carbons (Fsp3) is 0.296. The third kappa shape index (κ3) is 6.20. The van der Waals surface area contributed by atoms with Crippen LogP contribution >= 0.6 is 0 Å². The monoisotopic (exact) mass is 457 g/mol. The number of benzene rings is 2. The Labute approximate surface area is 200 Å². The van der Waals surface area contributed by atoms with E-state index in [0.29, 0.717) is 16.8 Å². The van der Waals surface area contributed by atoms with Crippen molar-refractivity contribution in [2.45, 2.75) is 25.7 Å². The molecule has 3 aromatic rings. The highest BCUT2D eigenvalue weighted by Gasteiger charge is 2.16. The topological polar surface area (TPSA) is 91.6 Å². The number of nitrogens with zero attached hydrogens (tertiary/aromatic N) is 3. The molecule has 3 N–H and O–H groups in total. The molecule has 1 fully saturated rings. The minimum absolute atomic E-state index is 0.188. The van der Waals surface area contributed by atoms with Gasteiger partial charge in [0, 0.05) is 47.1 Å². The van der Waals surface area contributed by atoms with Crippen LogP contribution in [0.2, 0.25) is 0 Å². The first-order valence-corrected chi connectivity index (χ1v) is 11.8. The number of carbonyl (C=O) groups is 2. The van der Waals surface area contributed by atoms with Crippen molar-refractivity contribution in [1.82, 2.24) is 9.88 Å². The molecule has 0 aliphatic carbocycles. The van der Waals surface area contributed by atoms with Crippen molar-refractivity contribution in [3.8, 4) is 0 Å². The van der Waals surface area contributed by atoms with Crippen LogP contribution in [0.4, 0.5) is 17.1 Å². The number of amides is 2. The molecular formula is C27H31N5O2. The van der Waals surface area contributed by atoms with E-state index in [1.165, 1.54) is 19.3 Å². The molecule has 2 aromatic carbocycles. The van der Waals surface area contributed by atoms with Crippen LogP contribution < -0.4 is 16.0 Å². The smallest absolute Gasteiger partial charge is 0.255 e. The number of nitrogens with two attached hydrogens (primary N) is 1. The molecule has 2 amide bonds. The molecule has 1 aromatic heterocycles. The molecule has 176 valence electrons. The summed E-state index contributed by atoms with van der Waals surface area (Å²) in [5, 5.41) is 2.91. The van der Waals surface area contributed by atoms with Gasteiger partial charge in [-0.15, -0.1) is 0 Å². The Kier molecular flexibility index (Phi) is 7.88. The summed E-state index contributed by atoms with van der Waals surface area (Å²) in [5.41, 5.74) is 9.02. The number of hydrogen-bond acceptors (Lipinski definition) is 5. The van der Waals surface area contributed by atoms with Crippen molar-refractivity contribution in [2.75, 3.05) is 36.4 Å². The first-order chi connectivity index (χ1) is 16.6. The van der Waals surface area contributed by atoms with Gasteiger partial charge in [-0.3, -0.25) is 14.6 Å². The summed E-state index contributed by atoms with van der Waals surface area (Å²) in [6, 6.07) is 18.4. The highest BCUT2D eigenvalue weighted by molar-refractivity contribution is 6.05. The van der Waals surface area contributed by atoms with Gasteiger partial charge < -0.3 is 20.9 Å². The molecule has 34 heavy (non-hydrogen) atoms. The number of anilines is 3. The second-order valence-electron chi connectivity index (χ2n) is 8.56. The van der Waals surface area contributed by atoms with E-state index in [1.54, 1.807) is 36.7 Å². The van der Waals surface area contributed by atoms with Gasteiger partial charge in [0.15, 0.2) is 0 Å². The molecule has 0 saturated carbocycles. The molecule has 0 spiro atoms. The summed E-state index contributed by atoms with van der Waals surface area (Å²) in [6.07, 6.45) is 8.09. The zero-order valence-corrected chi connectivity index (χ0v) is 19.3. The Morgan fingerprint density at radius 1 is 0.912 bits per heavy atom. The molecule has 1 saturated heterocycles. The second-order valence-corrected chi connectivity index (χ2v) is 8.56. The van der Waals surface area contributed by atoms with E-state index in [9.17, 15) is 9.59 Å². The lowest BCUT2D eigenvalue weighted by atomic mass is 10.1. The molecule has 1 aliphatic heterocycles. The van der Waals surface area contributed by atoms with Crippen LogP contribution in [0.3, 0.4) is 0 Å². The van der Waals surface area contributed by atoms with Crippen molar-refractivity contribution in [2.24, 2.45) is 5.73 Å². The van der Waals surface area contributed by atoms with Gasteiger partial charge in [0.25, 0.3) is 5.91 Å². The van der Waals surface area contributed by atoms with E-state index >= 15 is 0 Å². The summed E-state index contributed by atoms with van der Waals surface area (Å²) < 4.78 is 0. The molecule has 2 heterocycles. The molecule has 0 bridgehead atoms. The lowest BCUT2D eigenvalue weighted by Crippen LogP contribution is -2.32. The van der Waals surface area contributed by atoms with Crippen molar-refractivity contribution >= 4 is 28.9 Å². The van der Waals surface area contributed by atoms with Crippen LogP contribution in [0.5, 0.6) is 0 Å². The van der Waals surface area contributed by atoms with Crippen LogP contribution in [-0.4, -0.2) is 47.9 Å². The van der Waals surface area contributed by atoms with Gasteiger partial charge in [-0.25, -0.2) is 0 Å². The average Bonchev–Trinajstić information content (AvgIpc) is 2.88. The number of primary amides is 1. The minimum atomic E-state index is -0.458. The lowest BCUT2D eigenvalue weighted by Gasteiger charge is -2.29. The van der Waals surface area contributed by atoms with Crippen LogP contribution in [0.15, 0.2) is 73.1 Å². The Hall–Kier alpha value is -3.71. The van der Waals surface area contributed by atoms with Crippen LogP contribution in [0.1, 0.15) is 46.4 Å². The highest BCUT2D eigenvalue weighted by atomic mass is 16.2. The minimum Gasteiger partial charge on any atom is -0.366 e. The summed E-state index contributed by atoms with van der Waals surface area (Å²) in [6.45, 7) is 4.09. The van der Waals surface area contributed by atoms with E-state index in [-0.39, 0.29) is 5.91 Å². The lowest BCUT2D eigenvalue weighted by molar-refractivity contribution is 0.0997. The maximum absolute atomic E-state index is 12.9. The fourth-order valence-corrected chi connectivity index (χ4v) is 4.32.